The van der Waals surface area contributed by atoms with Crippen molar-refractivity contribution in [3.63, 3.8) is 0 Å². The predicted molar refractivity (Wildman–Crippen MR) is 72.2 cm³/mol. The Morgan fingerprint density at radius 1 is 0.941 bits per heavy atom. The molecule has 2 nitrogen and oxygen atoms in total. The molecule has 0 unspecified atom stereocenters. The third-order valence-corrected chi connectivity index (χ3v) is 2.67. The molecule has 88 valence electrons. The van der Waals surface area contributed by atoms with Crippen molar-refractivity contribution in [3.05, 3.63) is 58.9 Å². The molecule has 1 aromatic heterocycles. The molecule has 2 rings (SSSR count). The first-order chi connectivity index (χ1) is 8.13. The Morgan fingerprint density at radius 3 is 2.24 bits per heavy atom. The van der Waals surface area contributed by atoms with Gasteiger partial charge in [0.05, 0.1) is 12.2 Å². The van der Waals surface area contributed by atoms with Crippen molar-refractivity contribution in [2.45, 2.75) is 27.3 Å². The Morgan fingerprint density at radius 2 is 1.65 bits per heavy atom. The van der Waals surface area contributed by atoms with E-state index in [4.69, 9.17) is 0 Å². The highest BCUT2D eigenvalue weighted by molar-refractivity contribution is 5.48. The summed E-state index contributed by atoms with van der Waals surface area (Å²) in [5.74, 6) is 0. The lowest BCUT2D eigenvalue weighted by Crippen LogP contribution is -2.02. The van der Waals surface area contributed by atoms with Crippen LogP contribution in [0.2, 0.25) is 0 Å². The number of aryl methyl sites for hydroxylation is 3. The van der Waals surface area contributed by atoms with Gasteiger partial charge in [0, 0.05) is 11.9 Å². The SMILES string of the molecule is Cc1ccc(CNc2cc(C)cc(C)c2)nc1. The van der Waals surface area contributed by atoms with Gasteiger partial charge in [0.2, 0.25) is 0 Å². The Labute approximate surface area is 103 Å². The van der Waals surface area contributed by atoms with E-state index in [1.54, 1.807) is 0 Å². The van der Waals surface area contributed by atoms with Crippen LogP contribution < -0.4 is 5.32 Å². The first-order valence-corrected chi connectivity index (χ1v) is 5.87. The Kier molecular flexibility index (Phi) is 3.43. The summed E-state index contributed by atoms with van der Waals surface area (Å²) < 4.78 is 0. The van der Waals surface area contributed by atoms with Gasteiger partial charge in [-0.2, -0.15) is 0 Å². The second kappa shape index (κ2) is 5.00. The lowest BCUT2D eigenvalue weighted by Gasteiger charge is -2.08. The Hall–Kier alpha value is -1.83. The van der Waals surface area contributed by atoms with Crippen molar-refractivity contribution < 1.29 is 0 Å². The van der Waals surface area contributed by atoms with Gasteiger partial charge in [0.15, 0.2) is 0 Å². The number of hydrogen-bond acceptors (Lipinski definition) is 2. The molecule has 0 aliphatic heterocycles. The van der Waals surface area contributed by atoms with E-state index in [2.05, 4.69) is 54.5 Å². The van der Waals surface area contributed by atoms with E-state index in [9.17, 15) is 0 Å². The molecule has 0 fully saturated rings. The Bertz CT molecular complexity index is 481. The molecular weight excluding hydrogens is 208 g/mol. The molecule has 1 aromatic carbocycles. The molecule has 1 heterocycles. The summed E-state index contributed by atoms with van der Waals surface area (Å²) in [6.45, 7) is 7.04. The third-order valence-electron chi connectivity index (χ3n) is 2.67. The van der Waals surface area contributed by atoms with Crippen molar-refractivity contribution >= 4 is 5.69 Å². The van der Waals surface area contributed by atoms with Crippen LogP contribution >= 0.6 is 0 Å². The summed E-state index contributed by atoms with van der Waals surface area (Å²) in [7, 11) is 0. The molecule has 0 radical (unpaired) electrons. The van der Waals surface area contributed by atoms with Gasteiger partial charge in [-0.3, -0.25) is 4.98 Å². The number of pyridine rings is 1. The molecule has 2 heteroatoms. The van der Waals surface area contributed by atoms with Crippen LogP contribution in [0.25, 0.3) is 0 Å². The summed E-state index contributed by atoms with van der Waals surface area (Å²) in [5.41, 5.74) is 5.98. The van der Waals surface area contributed by atoms with Crippen LogP contribution in [0.3, 0.4) is 0 Å². The lowest BCUT2D eigenvalue weighted by molar-refractivity contribution is 1.03. The van der Waals surface area contributed by atoms with Crippen molar-refractivity contribution in [2.24, 2.45) is 0 Å². The van der Waals surface area contributed by atoms with E-state index >= 15 is 0 Å². The monoisotopic (exact) mass is 226 g/mol. The van der Waals surface area contributed by atoms with E-state index in [0.29, 0.717) is 0 Å². The van der Waals surface area contributed by atoms with Gasteiger partial charge in [0.1, 0.15) is 0 Å². The van der Waals surface area contributed by atoms with Crippen molar-refractivity contribution in [1.82, 2.24) is 4.98 Å². The van der Waals surface area contributed by atoms with E-state index < -0.39 is 0 Å². The number of aromatic nitrogens is 1. The number of nitrogens with one attached hydrogen (secondary N) is 1. The number of rotatable bonds is 3. The van der Waals surface area contributed by atoms with Crippen LogP contribution in [0.5, 0.6) is 0 Å². The first kappa shape index (κ1) is 11.6. The molecule has 2 aromatic rings. The maximum atomic E-state index is 4.38. The van der Waals surface area contributed by atoms with E-state index in [0.717, 1.165) is 17.9 Å². The minimum atomic E-state index is 0.767. The largest absolute Gasteiger partial charge is 0.379 e. The molecule has 0 aliphatic rings. The van der Waals surface area contributed by atoms with Gasteiger partial charge in [-0.25, -0.2) is 0 Å². The topological polar surface area (TPSA) is 24.9 Å². The fraction of sp³-hybridized carbons (Fsp3) is 0.267. The van der Waals surface area contributed by atoms with Gasteiger partial charge >= 0.3 is 0 Å². The first-order valence-electron chi connectivity index (χ1n) is 5.87. The van der Waals surface area contributed by atoms with Gasteiger partial charge < -0.3 is 5.32 Å². The highest BCUT2D eigenvalue weighted by Crippen LogP contribution is 2.14. The summed E-state index contributed by atoms with van der Waals surface area (Å²) in [4.78, 5) is 4.38. The summed E-state index contributed by atoms with van der Waals surface area (Å²) in [6, 6.07) is 10.6. The third kappa shape index (κ3) is 3.31. The van der Waals surface area contributed by atoms with Crippen LogP contribution in [-0.2, 0) is 6.54 Å². The highest BCUT2D eigenvalue weighted by Gasteiger charge is 1.97. The summed E-state index contributed by atoms with van der Waals surface area (Å²) >= 11 is 0. The zero-order chi connectivity index (χ0) is 12.3. The predicted octanol–water partition coefficient (Wildman–Crippen LogP) is 3.62. The number of anilines is 1. The molecule has 0 bridgehead atoms. The molecule has 0 spiro atoms. The molecular formula is C15H18N2. The van der Waals surface area contributed by atoms with E-state index in [1.165, 1.54) is 16.7 Å². The molecule has 0 aliphatic carbocycles. The number of nitrogens with zero attached hydrogens (tertiary/aromatic N) is 1. The van der Waals surface area contributed by atoms with Crippen molar-refractivity contribution in [1.29, 1.82) is 0 Å². The van der Waals surface area contributed by atoms with Gasteiger partial charge in [-0.05, 0) is 55.7 Å². The molecule has 0 atom stereocenters. The standard InChI is InChI=1S/C15H18N2/c1-11-4-5-14(16-9-11)10-17-15-7-12(2)6-13(3)8-15/h4-9,17H,10H2,1-3H3. The zero-order valence-corrected chi connectivity index (χ0v) is 10.6. The minimum Gasteiger partial charge on any atom is -0.379 e. The minimum absolute atomic E-state index is 0.767. The van der Waals surface area contributed by atoms with Crippen molar-refractivity contribution in [3.8, 4) is 0 Å². The molecule has 0 saturated heterocycles. The maximum Gasteiger partial charge on any atom is 0.0594 e. The second-order valence-electron chi connectivity index (χ2n) is 4.56. The fourth-order valence-electron chi connectivity index (χ4n) is 1.87. The molecule has 17 heavy (non-hydrogen) atoms. The maximum absolute atomic E-state index is 4.38. The van der Waals surface area contributed by atoms with Crippen LogP contribution in [0.4, 0.5) is 5.69 Å². The van der Waals surface area contributed by atoms with Gasteiger partial charge in [-0.1, -0.05) is 12.1 Å². The molecule has 0 saturated carbocycles. The van der Waals surface area contributed by atoms with Crippen LogP contribution in [0.15, 0.2) is 36.5 Å². The second-order valence-corrected chi connectivity index (χ2v) is 4.56. The number of hydrogen-bond donors (Lipinski definition) is 1. The average Bonchev–Trinajstić information content (AvgIpc) is 2.27. The summed E-state index contributed by atoms with van der Waals surface area (Å²) in [6.07, 6.45) is 1.90. The van der Waals surface area contributed by atoms with E-state index in [1.807, 2.05) is 13.1 Å². The molecule has 1 N–H and O–H groups in total. The quantitative estimate of drug-likeness (QED) is 0.864. The Balaban J connectivity index is 2.04. The van der Waals surface area contributed by atoms with Crippen LogP contribution in [0.1, 0.15) is 22.4 Å². The van der Waals surface area contributed by atoms with Crippen molar-refractivity contribution in [2.75, 3.05) is 5.32 Å². The zero-order valence-electron chi connectivity index (χ0n) is 10.6. The average molecular weight is 226 g/mol. The molecule has 0 amide bonds. The van der Waals surface area contributed by atoms with Crippen LogP contribution in [-0.4, -0.2) is 4.98 Å². The summed E-state index contributed by atoms with van der Waals surface area (Å²) in [5, 5.41) is 3.40. The smallest absolute Gasteiger partial charge is 0.0594 e. The van der Waals surface area contributed by atoms with Crippen LogP contribution in [0, 0.1) is 20.8 Å². The van der Waals surface area contributed by atoms with Gasteiger partial charge in [0.25, 0.3) is 0 Å². The highest BCUT2D eigenvalue weighted by atomic mass is 14.9. The van der Waals surface area contributed by atoms with E-state index in [-0.39, 0.29) is 0 Å². The fourth-order valence-corrected chi connectivity index (χ4v) is 1.87. The lowest BCUT2D eigenvalue weighted by atomic mass is 10.1. The van der Waals surface area contributed by atoms with Gasteiger partial charge in [-0.15, -0.1) is 0 Å². The number of benzene rings is 1. The normalized spacial score (nSPS) is 10.3.